The highest BCUT2D eigenvalue weighted by Crippen LogP contribution is 2.48. The van der Waals surface area contributed by atoms with Gasteiger partial charge < -0.3 is 5.32 Å². The van der Waals surface area contributed by atoms with Crippen molar-refractivity contribution in [3.05, 3.63) is 39.0 Å². The van der Waals surface area contributed by atoms with Gasteiger partial charge in [-0.3, -0.25) is 0 Å². The molecule has 3 nitrogen and oxygen atoms in total. The normalized spacial score (nSPS) is 36.8. The summed E-state index contributed by atoms with van der Waals surface area (Å²) in [6.45, 7) is 5.18. The Morgan fingerprint density at radius 1 is 1.32 bits per heavy atom. The van der Waals surface area contributed by atoms with Crippen molar-refractivity contribution in [1.29, 1.82) is 0 Å². The molecular formula is C16H21N2O+. The molecule has 4 aliphatic rings. The van der Waals surface area contributed by atoms with Crippen molar-refractivity contribution in [3.63, 3.8) is 0 Å². The summed E-state index contributed by atoms with van der Waals surface area (Å²) >= 11 is 0. The van der Waals surface area contributed by atoms with E-state index in [1.54, 1.807) is 16.7 Å². The van der Waals surface area contributed by atoms with Gasteiger partial charge in [0.25, 0.3) is 0 Å². The molecule has 0 bridgehead atoms. The van der Waals surface area contributed by atoms with Crippen LogP contribution >= 0.6 is 0 Å². The maximum absolute atomic E-state index is 12.2. The van der Waals surface area contributed by atoms with E-state index in [4.69, 9.17) is 0 Å². The van der Waals surface area contributed by atoms with Gasteiger partial charge in [0.15, 0.2) is 0 Å². The van der Waals surface area contributed by atoms with E-state index < -0.39 is 0 Å². The Morgan fingerprint density at radius 2 is 2.16 bits per heavy atom. The molecule has 0 aromatic carbocycles. The van der Waals surface area contributed by atoms with E-state index in [1.165, 1.54) is 22.5 Å². The maximum atomic E-state index is 12.2. The fourth-order valence-electron chi connectivity index (χ4n) is 4.44. The van der Waals surface area contributed by atoms with Gasteiger partial charge in [-0.2, -0.15) is 0 Å². The van der Waals surface area contributed by atoms with Gasteiger partial charge in [-0.1, -0.05) is 6.08 Å². The van der Waals surface area contributed by atoms with Crippen molar-refractivity contribution in [1.82, 2.24) is 5.32 Å². The van der Waals surface area contributed by atoms with Crippen LogP contribution in [0.15, 0.2) is 34.1 Å². The summed E-state index contributed by atoms with van der Waals surface area (Å²) < 4.78 is 1.34. The smallest absolute Gasteiger partial charge is 0.205 e. The SMILES string of the molecule is CC1CC2=C3CCC=C4NCC(=C43)CC2C(C)[N+]1=O. The highest BCUT2D eigenvalue weighted by Gasteiger charge is 2.47. The molecule has 1 saturated heterocycles. The third-order valence-corrected chi connectivity index (χ3v) is 5.39. The van der Waals surface area contributed by atoms with Crippen LogP contribution in [-0.2, 0) is 0 Å². The molecule has 0 aromatic rings. The van der Waals surface area contributed by atoms with Gasteiger partial charge in [-0.15, -0.1) is 0 Å². The topological polar surface area (TPSA) is 32.1 Å². The van der Waals surface area contributed by atoms with Crippen LogP contribution in [0.3, 0.4) is 0 Å². The lowest BCUT2D eigenvalue weighted by atomic mass is 9.70. The Kier molecular flexibility index (Phi) is 2.30. The van der Waals surface area contributed by atoms with Gasteiger partial charge in [0.2, 0.25) is 12.1 Å². The maximum Gasteiger partial charge on any atom is 0.205 e. The third kappa shape index (κ3) is 1.44. The summed E-state index contributed by atoms with van der Waals surface area (Å²) in [4.78, 5) is 12.2. The number of nitroso groups, excluding NO2 is 1. The second-order valence-corrected chi connectivity index (χ2v) is 6.46. The van der Waals surface area contributed by atoms with Gasteiger partial charge in [0.05, 0.1) is 5.92 Å². The first-order valence-corrected chi connectivity index (χ1v) is 7.51. The molecule has 2 aliphatic heterocycles. The highest BCUT2D eigenvalue weighted by molar-refractivity contribution is 5.59. The van der Waals surface area contributed by atoms with Crippen molar-refractivity contribution in [2.75, 3.05) is 6.54 Å². The predicted molar refractivity (Wildman–Crippen MR) is 74.6 cm³/mol. The predicted octanol–water partition coefficient (Wildman–Crippen LogP) is 2.84. The zero-order valence-corrected chi connectivity index (χ0v) is 11.7. The number of hydrogen-bond acceptors (Lipinski definition) is 2. The van der Waals surface area contributed by atoms with Gasteiger partial charge in [-0.25, -0.2) is 0 Å². The van der Waals surface area contributed by atoms with E-state index in [2.05, 4.69) is 25.2 Å². The van der Waals surface area contributed by atoms with Gasteiger partial charge in [-0.05, 0) is 36.0 Å². The highest BCUT2D eigenvalue weighted by atomic mass is 16.3. The summed E-state index contributed by atoms with van der Waals surface area (Å²) in [5.74, 6) is 0.460. The zero-order valence-electron chi connectivity index (χ0n) is 11.7. The first-order valence-electron chi connectivity index (χ1n) is 7.51. The molecule has 3 atom stereocenters. The van der Waals surface area contributed by atoms with E-state index in [-0.39, 0.29) is 12.1 Å². The van der Waals surface area contributed by atoms with Crippen LogP contribution in [0.5, 0.6) is 0 Å². The fourth-order valence-corrected chi connectivity index (χ4v) is 4.44. The van der Waals surface area contributed by atoms with Crippen LogP contribution in [0.25, 0.3) is 0 Å². The van der Waals surface area contributed by atoms with Crippen LogP contribution in [0, 0.1) is 10.8 Å². The zero-order chi connectivity index (χ0) is 13.1. The van der Waals surface area contributed by atoms with Crippen molar-refractivity contribution >= 4 is 0 Å². The first kappa shape index (κ1) is 11.4. The van der Waals surface area contributed by atoms with Crippen LogP contribution in [-0.4, -0.2) is 23.4 Å². The minimum absolute atomic E-state index is 0.134. The molecule has 3 heteroatoms. The number of rotatable bonds is 0. The fraction of sp³-hybridized carbons (Fsp3) is 0.625. The summed E-state index contributed by atoms with van der Waals surface area (Å²) in [5.41, 5.74) is 7.62. The third-order valence-electron chi connectivity index (χ3n) is 5.39. The lowest BCUT2D eigenvalue weighted by Crippen LogP contribution is -2.43. The average Bonchev–Trinajstić information content (AvgIpc) is 2.83. The van der Waals surface area contributed by atoms with Crippen LogP contribution in [0.2, 0.25) is 0 Å². The molecule has 0 amide bonds. The van der Waals surface area contributed by atoms with E-state index in [0.717, 1.165) is 25.8 Å². The van der Waals surface area contributed by atoms with Crippen LogP contribution in [0.4, 0.5) is 0 Å². The largest absolute Gasteiger partial charge is 0.381 e. The van der Waals surface area contributed by atoms with Gasteiger partial charge in [0.1, 0.15) is 0 Å². The number of piperidine rings is 1. The second-order valence-electron chi connectivity index (χ2n) is 6.46. The summed E-state index contributed by atoms with van der Waals surface area (Å²) in [6.07, 6.45) is 6.73. The van der Waals surface area contributed by atoms with Crippen LogP contribution in [0.1, 0.15) is 39.5 Å². The number of hydrogen-bond donors (Lipinski definition) is 1. The number of nitrogens with one attached hydrogen (secondary N) is 1. The molecule has 3 unspecified atom stereocenters. The molecule has 1 N–H and O–H groups in total. The van der Waals surface area contributed by atoms with E-state index in [1.807, 2.05) is 0 Å². The van der Waals surface area contributed by atoms with Crippen molar-refractivity contribution in [2.24, 2.45) is 5.92 Å². The minimum Gasteiger partial charge on any atom is -0.381 e. The van der Waals surface area contributed by atoms with E-state index >= 15 is 0 Å². The Morgan fingerprint density at radius 3 is 3.00 bits per heavy atom. The standard InChI is InChI=1S/C16H21N2O/c1-9-6-14-12-4-3-5-15-16(12)11(8-17-15)7-13(14)10(2)18(9)19/h5,9-10,13,17H,3-4,6-8H2,1-2H3/q+1. The van der Waals surface area contributed by atoms with Crippen molar-refractivity contribution < 1.29 is 4.76 Å². The molecule has 0 aromatic heterocycles. The number of nitrogens with zero attached hydrogens (tertiary/aromatic N) is 1. The lowest BCUT2D eigenvalue weighted by molar-refractivity contribution is -0.627. The molecule has 100 valence electrons. The summed E-state index contributed by atoms with van der Waals surface area (Å²) in [5, 5.41) is 3.54. The molecule has 0 spiro atoms. The van der Waals surface area contributed by atoms with Gasteiger partial charge in [0, 0.05) is 47.8 Å². The van der Waals surface area contributed by atoms with Crippen LogP contribution < -0.4 is 5.32 Å². The Bertz CT molecular complexity index is 567. The number of fused-ring (bicyclic) bond motifs is 1. The number of allylic oxidation sites excluding steroid dienone is 2. The van der Waals surface area contributed by atoms with Gasteiger partial charge >= 0.3 is 0 Å². The molecule has 2 heterocycles. The molecule has 0 saturated carbocycles. The van der Waals surface area contributed by atoms with E-state index in [0.29, 0.717) is 5.92 Å². The molecule has 0 radical (unpaired) electrons. The molecule has 19 heavy (non-hydrogen) atoms. The van der Waals surface area contributed by atoms with Crippen molar-refractivity contribution in [3.8, 4) is 0 Å². The molecule has 4 rings (SSSR count). The van der Waals surface area contributed by atoms with E-state index in [9.17, 15) is 4.91 Å². The Balaban J connectivity index is 1.86. The Hall–Kier alpha value is -1.38. The lowest BCUT2D eigenvalue weighted by Gasteiger charge is -2.36. The summed E-state index contributed by atoms with van der Waals surface area (Å²) in [6, 6.07) is 0.273. The molecule has 2 aliphatic carbocycles. The first-order chi connectivity index (χ1) is 9.16. The van der Waals surface area contributed by atoms with Crippen molar-refractivity contribution in [2.45, 2.75) is 51.6 Å². The monoisotopic (exact) mass is 257 g/mol. The summed E-state index contributed by atoms with van der Waals surface area (Å²) in [7, 11) is 0. The molecular weight excluding hydrogens is 236 g/mol. The molecule has 1 fully saturated rings. The quantitative estimate of drug-likeness (QED) is 0.677. The Labute approximate surface area is 114 Å². The minimum atomic E-state index is 0.134. The second kappa shape index (κ2) is 3.81. The average molecular weight is 257 g/mol.